The van der Waals surface area contributed by atoms with Gasteiger partial charge in [-0.25, -0.2) is 0 Å². The molecule has 3 fully saturated rings. The molecule has 31 heavy (non-hydrogen) atoms. The van der Waals surface area contributed by atoms with Crippen LogP contribution < -0.4 is 5.32 Å². The lowest BCUT2D eigenvalue weighted by Crippen LogP contribution is -2.46. The van der Waals surface area contributed by atoms with E-state index in [1.807, 2.05) is 48.5 Å². The standard InChI is InChI=1S/C26H26ClNO3/c1-17-13-20-16-31-24(30)26(20,14-17)15-18-3-9-22(10-4-18)28-23(29)25(11-2-12-25)19-5-7-21(27)8-6-19/h3-10,20H,1-2,11-16H2,(H,28,29). The summed E-state index contributed by atoms with van der Waals surface area (Å²) in [4.78, 5) is 25.7. The van der Waals surface area contributed by atoms with Crippen molar-refractivity contribution < 1.29 is 14.3 Å². The highest BCUT2D eigenvalue weighted by Gasteiger charge is 2.55. The van der Waals surface area contributed by atoms with E-state index in [1.165, 1.54) is 0 Å². The zero-order valence-electron chi connectivity index (χ0n) is 17.5. The third-order valence-corrected chi connectivity index (χ3v) is 7.73. The fourth-order valence-electron chi connectivity index (χ4n) is 5.53. The number of carbonyl (C=O) groups is 2. The third kappa shape index (κ3) is 3.38. The molecule has 1 aliphatic heterocycles. The van der Waals surface area contributed by atoms with E-state index < -0.39 is 10.8 Å². The van der Waals surface area contributed by atoms with Gasteiger partial charge in [0.25, 0.3) is 0 Å². The molecule has 3 aliphatic rings. The van der Waals surface area contributed by atoms with Gasteiger partial charge in [0.1, 0.15) is 0 Å². The average Bonchev–Trinajstić information content (AvgIpc) is 3.18. The number of fused-ring (bicyclic) bond motifs is 1. The van der Waals surface area contributed by atoms with Gasteiger partial charge in [-0.15, -0.1) is 0 Å². The SMILES string of the molecule is C=C1CC2COC(=O)C2(Cc2ccc(NC(=O)C3(c4ccc(Cl)cc4)CCC3)cc2)C1. The predicted molar refractivity (Wildman–Crippen MR) is 121 cm³/mol. The maximum absolute atomic E-state index is 13.2. The molecular weight excluding hydrogens is 410 g/mol. The minimum absolute atomic E-state index is 0.0268. The van der Waals surface area contributed by atoms with Gasteiger partial charge in [0.2, 0.25) is 5.91 Å². The van der Waals surface area contributed by atoms with E-state index in [0.29, 0.717) is 24.5 Å². The lowest BCUT2D eigenvalue weighted by Gasteiger charge is -2.40. The molecule has 4 nitrogen and oxygen atoms in total. The maximum Gasteiger partial charge on any atom is 0.313 e. The first-order chi connectivity index (χ1) is 14.9. The van der Waals surface area contributed by atoms with Gasteiger partial charge in [-0.2, -0.15) is 0 Å². The molecule has 1 N–H and O–H groups in total. The number of esters is 1. The molecule has 1 heterocycles. The summed E-state index contributed by atoms with van der Waals surface area (Å²) in [5, 5.41) is 3.78. The minimum atomic E-state index is -0.479. The van der Waals surface area contributed by atoms with Gasteiger partial charge in [-0.3, -0.25) is 9.59 Å². The molecule has 0 bridgehead atoms. The molecule has 2 unspecified atom stereocenters. The molecular formula is C26H26ClNO3. The zero-order valence-corrected chi connectivity index (χ0v) is 18.2. The number of allylic oxidation sites excluding steroid dienone is 1. The van der Waals surface area contributed by atoms with Crippen LogP contribution in [-0.4, -0.2) is 18.5 Å². The Hall–Kier alpha value is -2.59. The van der Waals surface area contributed by atoms with Crippen molar-refractivity contribution in [2.75, 3.05) is 11.9 Å². The van der Waals surface area contributed by atoms with E-state index in [2.05, 4.69) is 11.9 Å². The fourth-order valence-corrected chi connectivity index (χ4v) is 5.66. The summed E-state index contributed by atoms with van der Waals surface area (Å²) in [7, 11) is 0. The van der Waals surface area contributed by atoms with Gasteiger partial charge in [0.05, 0.1) is 17.4 Å². The van der Waals surface area contributed by atoms with Crippen LogP contribution in [0.3, 0.4) is 0 Å². The van der Waals surface area contributed by atoms with E-state index >= 15 is 0 Å². The summed E-state index contributed by atoms with van der Waals surface area (Å²) in [5.74, 6) is 0.159. The van der Waals surface area contributed by atoms with Gasteiger partial charge in [0.15, 0.2) is 0 Å². The second-order valence-corrected chi connectivity index (χ2v) is 9.79. The van der Waals surface area contributed by atoms with E-state index in [4.69, 9.17) is 16.3 Å². The molecule has 0 spiro atoms. The van der Waals surface area contributed by atoms with E-state index in [1.54, 1.807) is 0 Å². The molecule has 2 aromatic carbocycles. The van der Waals surface area contributed by atoms with Crippen LogP contribution in [0, 0.1) is 11.3 Å². The number of cyclic esters (lactones) is 1. The number of benzene rings is 2. The fraction of sp³-hybridized carbons (Fsp3) is 0.385. The highest BCUT2D eigenvalue weighted by molar-refractivity contribution is 6.30. The molecule has 5 heteroatoms. The van der Waals surface area contributed by atoms with Crippen molar-refractivity contribution in [2.45, 2.75) is 43.9 Å². The highest BCUT2D eigenvalue weighted by atomic mass is 35.5. The second-order valence-electron chi connectivity index (χ2n) is 9.35. The number of anilines is 1. The number of ether oxygens (including phenoxy) is 1. The highest BCUT2D eigenvalue weighted by Crippen LogP contribution is 2.52. The van der Waals surface area contributed by atoms with Gasteiger partial charge in [-0.05, 0) is 67.5 Å². The summed E-state index contributed by atoms with van der Waals surface area (Å²) in [6.07, 6.45) is 4.95. The quantitative estimate of drug-likeness (QED) is 0.501. The van der Waals surface area contributed by atoms with Crippen molar-refractivity contribution in [3.63, 3.8) is 0 Å². The third-order valence-electron chi connectivity index (χ3n) is 7.47. The topological polar surface area (TPSA) is 55.4 Å². The number of amides is 1. The molecule has 2 aromatic rings. The summed E-state index contributed by atoms with van der Waals surface area (Å²) < 4.78 is 5.38. The lowest BCUT2D eigenvalue weighted by molar-refractivity contribution is -0.146. The summed E-state index contributed by atoms with van der Waals surface area (Å²) in [5.41, 5.74) is 3.06. The first-order valence-electron chi connectivity index (χ1n) is 10.9. The number of rotatable bonds is 5. The molecule has 2 atom stereocenters. The molecule has 0 radical (unpaired) electrons. The number of halogens is 1. The Kier molecular flexibility index (Phi) is 4.93. The molecule has 5 rings (SSSR count). The van der Waals surface area contributed by atoms with Crippen molar-refractivity contribution >= 4 is 29.2 Å². The van der Waals surface area contributed by atoms with Crippen molar-refractivity contribution in [1.82, 2.24) is 0 Å². The Morgan fingerprint density at radius 3 is 2.48 bits per heavy atom. The second kappa shape index (κ2) is 7.52. The molecule has 2 saturated carbocycles. The van der Waals surface area contributed by atoms with Crippen molar-refractivity contribution in [2.24, 2.45) is 11.3 Å². The summed E-state index contributed by atoms with van der Waals surface area (Å²) in [6, 6.07) is 15.5. The average molecular weight is 436 g/mol. The summed E-state index contributed by atoms with van der Waals surface area (Å²) >= 11 is 6.02. The van der Waals surface area contributed by atoms with Crippen LogP contribution in [-0.2, 0) is 26.2 Å². The van der Waals surface area contributed by atoms with Gasteiger partial charge >= 0.3 is 5.97 Å². The molecule has 2 aliphatic carbocycles. The number of nitrogens with one attached hydrogen (secondary N) is 1. The van der Waals surface area contributed by atoms with Crippen LogP contribution in [0.25, 0.3) is 0 Å². The summed E-state index contributed by atoms with van der Waals surface area (Å²) in [6.45, 7) is 4.61. The Balaban J connectivity index is 1.30. The number of carbonyl (C=O) groups excluding carboxylic acids is 2. The van der Waals surface area contributed by atoms with Crippen LogP contribution in [0.4, 0.5) is 5.69 Å². The Morgan fingerprint density at radius 2 is 1.84 bits per heavy atom. The first-order valence-corrected chi connectivity index (χ1v) is 11.3. The van der Waals surface area contributed by atoms with Crippen LogP contribution in [0.5, 0.6) is 0 Å². The van der Waals surface area contributed by atoms with Crippen molar-refractivity contribution in [3.05, 3.63) is 76.8 Å². The zero-order chi connectivity index (χ0) is 21.6. The molecule has 1 amide bonds. The van der Waals surface area contributed by atoms with Crippen LogP contribution in [0.15, 0.2) is 60.7 Å². The Labute approximate surface area is 187 Å². The van der Waals surface area contributed by atoms with E-state index in [9.17, 15) is 9.59 Å². The Morgan fingerprint density at radius 1 is 1.13 bits per heavy atom. The normalized spacial score (nSPS) is 26.2. The van der Waals surface area contributed by atoms with Gasteiger partial charge in [-0.1, -0.05) is 54.4 Å². The van der Waals surface area contributed by atoms with E-state index in [-0.39, 0.29) is 17.8 Å². The van der Waals surface area contributed by atoms with Crippen molar-refractivity contribution in [3.8, 4) is 0 Å². The van der Waals surface area contributed by atoms with Crippen LogP contribution in [0.1, 0.15) is 43.2 Å². The smallest absolute Gasteiger partial charge is 0.313 e. The number of hydrogen-bond acceptors (Lipinski definition) is 3. The van der Waals surface area contributed by atoms with E-state index in [0.717, 1.165) is 48.1 Å². The maximum atomic E-state index is 13.2. The van der Waals surface area contributed by atoms with Crippen molar-refractivity contribution in [1.29, 1.82) is 0 Å². The lowest BCUT2D eigenvalue weighted by atomic mass is 9.64. The minimum Gasteiger partial charge on any atom is -0.465 e. The predicted octanol–water partition coefficient (Wildman–Crippen LogP) is 5.45. The largest absolute Gasteiger partial charge is 0.465 e. The monoisotopic (exact) mass is 435 g/mol. The molecule has 1 saturated heterocycles. The molecule has 0 aromatic heterocycles. The van der Waals surface area contributed by atoms with Gasteiger partial charge < -0.3 is 10.1 Å². The first kappa shape index (κ1) is 20.3. The van der Waals surface area contributed by atoms with Gasteiger partial charge in [0, 0.05) is 16.6 Å². The molecule has 160 valence electrons. The van der Waals surface area contributed by atoms with Crippen LogP contribution >= 0.6 is 11.6 Å². The number of hydrogen-bond donors (Lipinski definition) is 1. The Bertz CT molecular complexity index is 1040. The van der Waals surface area contributed by atoms with Crippen LogP contribution in [0.2, 0.25) is 5.02 Å².